The molecule has 116 valence electrons. The first-order valence-electron chi connectivity index (χ1n) is 7.38. The van der Waals surface area contributed by atoms with Gasteiger partial charge in [0.2, 0.25) is 11.9 Å². The molecule has 1 amide bonds. The number of piperidine rings is 1. The molecule has 0 atom stereocenters. The first kappa shape index (κ1) is 15.8. The van der Waals surface area contributed by atoms with E-state index in [1.165, 1.54) is 0 Å². The number of nitrogens with one attached hydrogen (secondary N) is 2. The van der Waals surface area contributed by atoms with Crippen molar-refractivity contribution >= 4 is 29.3 Å². The lowest BCUT2D eigenvalue weighted by Gasteiger charge is -2.33. The van der Waals surface area contributed by atoms with Gasteiger partial charge in [-0.3, -0.25) is 4.79 Å². The fourth-order valence-corrected chi connectivity index (χ4v) is 2.64. The van der Waals surface area contributed by atoms with E-state index in [4.69, 9.17) is 11.6 Å². The van der Waals surface area contributed by atoms with Gasteiger partial charge in [0.25, 0.3) is 0 Å². The number of hydrogen-bond donors (Lipinski definition) is 2. The van der Waals surface area contributed by atoms with Crippen LogP contribution in [0.2, 0.25) is 5.02 Å². The number of anilines is 2. The summed E-state index contributed by atoms with van der Waals surface area (Å²) in [6.07, 6.45) is 4.46. The summed E-state index contributed by atoms with van der Waals surface area (Å²) in [5.41, 5.74) is 0. The van der Waals surface area contributed by atoms with Crippen LogP contribution in [0.4, 0.5) is 11.8 Å². The Labute approximate surface area is 130 Å². The second-order valence-corrected chi connectivity index (χ2v) is 5.66. The standard InChI is InChI=1S/C14H22ClN5O/c1-3-6-16-14-17-9-12(15)13(19-14)20-7-4-11(5-8-20)18-10(2)21/h9,11H,3-8H2,1-2H3,(H,18,21)(H,16,17,19). The first-order valence-corrected chi connectivity index (χ1v) is 7.76. The molecule has 1 aliphatic heterocycles. The van der Waals surface area contributed by atoms with Gasteiger partial charge in [-0.15, -0.1) is 0 Å². The van der Waals surface area contributed by atoms with Gasteiger partial charge in [-0.2, -0.15) is 4.98 Å². The smallest absolute Gasteiger partial charge is 0.224 e. The zero-order valence-corrected chi connectivity index (χ0v) is 13.3. The normalized spacial score (nSPS) is 15.9. The van der Waals surface area contributed by atoms with E-state index >= 15 is 0 Å². The van der Waals surface area contributed by atoms with Gasteiger partial charge in [0, 0.05) is 32.6 Å². The highest BCUT2D eigenvalue weighted by Crippen LogP contribution is 2.26. The Morgan fingerprint density at radius 2 is 2.19 bits per heavy atom. The van der Waals surface area contributed by atoms with Crippen molar-refractivity contribution in [3.63, 3.8) is 0 Å². The van der Waals surface area contributed by atoms with E-state index in [2.05, 4.69) is 32.4 Å². The van der Waals surface area contributed by atoms with E-state index in [-0.39, 0.29) is 11.9 Å². The number of carbonyl (C=O) groups is 1. The van der Waals surface area contributed by atoms with Crippen LogP contribution in [0.15, 0.2) is 6.20 Å². The molecule has 0 radical (unpaired) electrons. The highest BCUT2D eigenvalue weighted by molar-refractivity contribution is 6.32. The predicted octanol–water partition coefficient (Wildman–Crippen LogP) is 2.06. The summed E-state index contributed by atoms with van der Waals surface area (Å²) in [7, 11) is 0. The summed E-state index contributed by atoms with van der Waals surface area (Å²) >= 11 is 6.22. The lowest BCUT2D eigenvalue weighted by Crippen LogP contribution is -2.44. The second-order valence-electron chi connectivity index (χ2n) is 5.25. The minimum atomic E-state index is 0.0274. The number of halogens is 1. The molecule has 2 heterocycles. The van der Waals surface area contributed by atoms with Gasteiger partial charge < -0.3 is 15.5 Å². The van der Waals surface area contributed by atoms with Crippen LogP contribution in [0.5, 0.6) is 0 Å². The summed E-state index contributed by atoms with van der Waals surface area (Å²) in [6, 6.07) is 0.247. The van der Waals surface area contributed by atoms with Gasteiger partial charge in [-0.25, -0.2) is 4.98 Å². The van der Waals surface area contributed by atoms with Gasteiger partial charge in [0.15, 0.2) is 5.82 Å². The molecule has 0 aliphatic carbocycles. The maximum Gasteiger partial charge on any atom is 0.224 e. The molecule has 0 saturated carbocycles. The molecular formula is C14H22ClN5O. The number of rotatable bonds is 5. The van der Waals surface area contributed by atoms with Crippen LogP contribution in [0.25, 0.3) is 0 Å². The van der Waals surface area contributed by atoms with Crippen molar-refractivity contribution in [3.8, 4) is 0 Å². The Bertz CT molecular complexity index is 488. The molecule has 1 aromatic heterocycles. The first-order chi connectivity index (χ1) is 10.1. The Balaban J connectivity index is 2.00. The number of nitrogens with zero attached hydrogens (tertiary/aromatic N) is 3. The van der Waals surface area contributed by atoms with Crippen molar-refractivity contribution in [2.75, 3.05) is 29.9 Å². The Morgan fingerprint density at radius 3 is 2.81 bits per heavy atom. The maximum atomic E-state index is 11.1. The highest BCUT2D eigenvalue weighted by Gasteiger charge is 2.22. The lowest BCUT2D eigenvalue weighted by atomic mass is 10.1. The minimum absolute atomic E-state index is 0.0274. The van der Waals surface area contributed by atoms with E-state index in [1.807, 2.05) is 0 Å². The van der Waals surface area contributed by atoms with E-state index < -0.39 is 0 Å². The Kier molecular flexibility index (Phi) is 5.61. The maximum absolute atomic E-state index is 11.1. The number of aromatic nitrogens is 2. The van der Waals surface area contributed by atoms with Crippen LogP contribution in [0, 0.1) is 0 Å². The summed E-state index contributed by atoms with van der Waals surface area (Å²) in [6.45, 7) is 6.14. The van der Waals surface area contributed by atoms with Crippen molar-refractivity contribution in [1.82, 2.24) is 15.3 Å². The van der Waals surface area contributed by atoms with Crippen LogP contribution < -0.4 is 15.5 Å². The van der Waals surface area contributed by atoms with E-state index in [0.29, 0.717) is 11.0 Å². The molecule has 7 heteroatoms. The zero-order chi connectivity index (χ0) is 15.2. The van der Waals surface area contributed by atoms with E-state index in [0.717, 1.165) is 44.7 Å². The second kappa shape index (κ2) is 7.45. The molecule has 0 spiro atoms. The van der Waals surface area contributed by atoms with Crippen molar-refractivity contribution in [2.24, 2.45) is 0 Å². The van der Waals surface area contributed by atoms with Crippen LogP contribution in [0.1, 0.15) is 33.1 Å². The highest BCUT2D eigenvalue weighted by atomic mass is 35.5. The summed E-state index contributed by atoms with van der Waals surface area (Å²) in [5, 5.41) is 6.70. The monoisotopic (exact) mass is 311 g/mol. The van der Waals surface area contributed by atoms with Gasteiger partial charge in [0.05, 0.1) is 6.20 Å². The van der Waals surface area contributed by atoms with Gasteiger partial charge in [-0.1, -0.05) is 18.5 Å². The molecule has 1 saturated heterocycles. The SMILES string of the molecule is CCCNc1ncc(Cl)c(N2CCC(NC(C)=O)CC2)n1. The number of carbonyl (C=O) groups excluding carboxylic acids is 1. The third-order valence-corrected chi connectivity index (χ3v) is 3.73. The number of amides is 1. The van der Waals surface area contributed by atoms with E-state index in [9.17, 15) is 4.79 Å². The molecule has 1 aliphatic rings. The van der Waals surface area contributed by atoms with Crippen molar-refractivity contribution in [1.29, 1.82) is 0 Å². The molecule has 2 N–H and O–H groups in total. The van der Waals surface area contributed by atoms with Crippen molar-refractivity contribution in [3.05, 3.63) is 11.2 Å². The van der Waals surface area contributed by atoms with Gasteiger partial charge in [-0.05, 0) is 19.3 Å². The van der Waals surface area contributed by atoms with E-state index in [1.54, 1.807) is 13.1 Å². The van der Waals surface area contributed by atoms with Crippen LogP contribution in [0.3, 0.4) is 0 Å². The van der Waals surface area contributed by atoms with Crippen LogP contribution in [-0.2, 0) is 4.79 Å². The Morgan fingerprint density at radius 1 is 1.48 bits per heavy atom. The van der Waals surface area contributed by atoms with Crippen LogP contribution >= 0.6 is 11.6 Å². The molecule has 1 fully saturated rings. The predicted molar refractivity (Wildman–Crippen MR) is 84.9 cm³/mol. The molecule has 0 unspecified atom stereocenters. The molecule has 21 heavy (non-hydrogen) atoms. The third-order valence-electron chi connectivity index (χ3n) is 3.46. The zero-order valence-electron chi connectivity index (χ0n) is 12.5. The van der Waals surface area contributed by atoms with Crippen molar-refractivity contribution in [2.45, 2.75) is 39.2 Å². The number of hydrogen-bond acceptors (Lipinski definition) is 5. The van der Waals surface area contributed by atoms with Crippen LogP contribution in [-0.4, -0.2) is 41.6 Å². The molecular weight excluding hydrogens is 290 g/mol. The van der Waals surface area contributed by atoms with Crippen molar-refractivity contribution < 1.29 is 4.79 Å². The quantitative estimate of drug-likeness (QED) is 0.871. The molecule has 6 nitrogen and oxygen atoms in total. The fraction of sp³-hybridized carbons (Fsp3) is 0.643. The molecule has 0 bridgehead atoms. The minimum Gasteiger partial charge on any atom is -0.355 e. The summed E-state index contributed by atoms with van der Waals surface area (Å²) < 4.78 is 0. The summed E-state index contributed by atoms with van der Waals surface area (Å²) in [5.74, 6) is 1.41. The fourth-order valence-electron chi connectivity index (χ4n) is 2.42. The largest absolute Gasteiger partial charge is 0.355 e. The Hall–Kier alpha value is -1.56. The topological polar surface area (TPSA) is 70.2 Å². The third kappa shape index (κ3) is 4.46. The lowest BCUT2D eigenvalue weighted by molar-refractivity contribution is -0.119. The van der Waals surface area contributed by atoms with Gasteiger partial charge in [0.1, 0.15) is 5.02 Å². The average Bonchev–Trinajstić information content (AvgIpc) is 2.47. The molecule has 1 aromatic rings. The van der Waals surface area contributed by atoms with Gasteiger partial charge >= 0.3 is 0 Å². The molecule has 2 rings (SSSR count). The average molecular weight is 312 g/mol. The molecule has 0 aromatic carbocycles. The summed E-state index contributed by atoms with van der Waals surface area (Å²) in [4.78, 5) is 21.9.